The molecule has 2 N–H and O–H groups in total. The van der Waals surface area contributed by atoms with Crippen LogP contribution in [-0.4, -0.2) is 7.11 Å². The van der Waals surface area contributed by atoms with E-state index in [1.54, 1.807) is 13.2 Å². The second kappa shape index (κ2) is 5.79. The molecule has 0 unspecified atom stereocenters. The van der Waals surface area contributed by atoms with Gasteiger partial charge in [0.25, 0.3) is 0 Å². The first-order chi connectivity index (χ1) is 7.19. The lowest BCUT2D eigenvalue weighted by Gasteiger charge is -2.15. The molecular weight excluding hydrogens is 210 g/mol. The Morgan fingerprint density at radius 1 is 1.60 bits per heavy atom. The van der Waals surface area contributed by atoms with Gasteiger partial charge in [0.05, 0.1) is 7.11 Å². The molecule has 0 heterocycles. The number of ether oxygens (including phenoxy) is 1. The Balaban J connectivity index is 2.89. The molecule has 82 valence electrons. The van der Waals surface area contributed by atoms with Gasteiger partial charge in [0.2, 0.25) is 0 Å². The van der Waals surface area contributed by atoms with E-state index in [0.717, 1.165) is 24.2 Å². The molecule has 0 amide bonds. The Bertz CT molecular complexity index is 338. The minimum Gasteiger partial charge on any atom is -0.496 e. The maximum atomic E-state index is 6.04. The van der Waals surface area contributed by atoms with E-state index in [0.29, 0.717) is 5.02 Å². The zero-order valence-electron chi connectivity index (χ0n) is 8.87. The summed E-state index contributed by atoms with van der Waals surface area (Å²) in [6.45, 7) is 3.67. The average molecular weight is 226 g/mol. The van der Waals surface area contributed by atoms with Crippen LogP contribution in [0.1, 0.15) is 24.4 Å². The van der Waals surface area contributed by atoms with Crippen LogP contribution in [-0.2, 0) is 0 Å². The molecule has 0 bridgehead atoms. The molecule has 0 saturated heterocycles. The van der Waals surface area contributed by atoms with Gasteiger partial charge in [-0.2, -0.15) is 0 Å². The second-order valence-electron chi connectivity index (χ2n) is 3.36. The number of hydrogen-bond acceptors (Lipinski definition) is 2. The number of nitrogens with two attached hydrogens (primary N) is 1. The van der Waals surface area contributed by atoms with Crippen molar-refractivity contribution in [3.05, 3.63) is 41.4 Å². The smallest absolute Gasteiger partial charge is 0.123 e. The summed E-state index contributed by atoms with van der Waals surface area (Å²) in [6, 6.07) is 5.43. The summed E-state index contributed by atoms with van der Waals surface area (Å²) in [4.78, 5) is 0. The first-order valence-corrected chi connectivity index (χ1v) is 5.26. The highest BCUT2D eigenvalue weighted by Crippen LogP contribution is 2.29. The first-order valence-electron chi connectivity index (χ1n) is 4.89. The normalized spacial score (nSPS) is 12.2. The summed E-state index contributed by atoms with van der Waals surface area (Å²) in [6.07, 6.45) is 3.59. The summed E-state index contributed by atoms with van der Waals surface area (Å²) in [5, 5.41) is 0.680. The Labute approximate surface area is 95.7 Å². The van der Waals surface area contributed by atoms with Crippen molar-refractivity contribution in [1.82, 2.24) is 0 Å². The highest BCUT2D eigenvalue weighted by atomic mass is 35.5. The van der Waals surface area contributed by atoms with Crippen molar-refractivity contribution in [3.8, 4) is 5.75 Å². The van der Waals surface area contributed by atoms with Gasteiger partial charge in [0.1, 0.15) is 5.75 Å². The number of hydrogen-bond donors (Lipinski definition) is 1. The number of allylic oxidation sites excluding steroid dienone is 1. The maximum Gasteiger partial charge on any atom is 0.123 e. The van der Waals surface area contributed by atoms with Gasteiger partial charge < -0.3 is 10.5 Å². The Kier molecular flexibility index (Phi) is 4.66. The third kappa shape index (κ3) is 3.26. The lowest BCUT2D eigenvalue weighted by Crippen LogP contribution is -2.11. The van der Waals surface area contributed by atoms with Gasteiger partial charge in [0, 0.05) is 16.6 Å². The summed E-state index contributed by atoms with van der Waals surface area (Å²) in [5.74, 6) is 0.788. The standard InChI is InChI=1S/C12H16ClNO/c1-3-4-5-11(14)10-8-9(13)6-7-12(10)15-2/h3,6-8,11H,1,4-5,14H2,2H3/t11-/m1/s1. The van der Waals surface area contributed by atoms with Gasteiger partial charge in [-0.25, -0.2) is 0 Å². The van der Waals surface area contributed by atoms with E-state index in [4.69, 9.17) is 22.1 Å². The monoisotopic (exact) mass is 225 g/mol. The van der Waals surface area contributed by atoms with E-state index in [-0.39, 0.29) is 6.04 Å². The van der Waals surface area contributed by atoms with E-state index in [1.165, 1.54) is 0 Å². The van der Waals surface area contributed by atoms with Crippen molar-refractivity contribution >= 4 is 11.6 Å². The van der Waals surface area contributed by atoms with Crippen LogP contribution in [0.4, 0.5) is 0 Å². The molecule has 15 heavy (non-hydrogen) atoms. The second-order valence-corrected chi connectivity index (χ2v) is 3.80. The first kappa shape index (κ1) is 12.1. The largest absolute Gasteiger partial charge is 0.496 e. The molecule has 1 atom stereocenters. The summed E-state index contributed by atoms with van der Waals surface area (Å²) >= 11 is 5.92. The van der Waals surface area contributed by atoms with E-state index in [2.05, 4.69) is 6.58 Å². The number of benzene rings is 1. The fourth-order valence-corrected chi connectivity index (χ4v) is 1.63. The maximum absolute atomic E-state index is 6.04. The van der Waals surface area contributed by atoms with Crippen molar-refractivity contribution in [2.24, 2.45) is 5.73 Å². The fraction of sp³-hybridized carbons (Fsp3) is 0.333. The molecular formula is C12H16ClNO. The van der Waals surface area contributed by atoms with Crippen LogP contribution in [0.25, 0.3) is 0 Å². The molecule has 0 radical (unpaired) electrons. The highest BCUT2D eigenvalue weighted by molar-refractivity contribution is 6.30. The summed E-state index contributed by atoms with van der Waals surface area (Å²) in [7, 11) is 1.63. The predicted octanol–water partition coefficient (Wildman–Crippen LogP) is 3.31. The van der Waals surface area contributed by atoms with Gasteiger partial charge in [0.15, 0.2) is 0 Å². The molecule has 1 aromatic carbocycles. The summed E-state index contributed by atoms with van der Waals surface area (Å²) in [5.41, 5.74) is 6.99. The lowest BCUT2D eigenvalue weighted by molar-refractivity contribution is 0.404. The molecule has 0 spiro atoms. The Morgan fingerprint density at radius 2 is 2.33 bits per heavy atom. The third-order valence-electron chi connectivity index (χ3n) is 2.27. The quantitative estimate of drug-likeness (QED) is 0.781. The minimum absolute atomic E-state index is 0.0587. The Hall–Kier alpha value is -0.990. The number of halogens is 1. The molecule has 3 heteroatoms. The zero-order chi connectivity index (χ0) is 11.3. The van der Waals surface area contributed by atoms with Crippen LogP contribution in [0.5, 0.6) is 5.75 Å². The van der Waals surface area contributed by atoms with E-state index in [1.807, 2.05) is 18.2 Å². The SMILES string of the molecule is C=CCC[C@@H](N)c1cc(Cl)ccc1OC. The lowest BCUT2D eigenvalue weighted by atomic mass is 10.0. The van der Waals surface area contributed by atoms with Crippen LogP contribution < -0.4 is 10.5 Å². The molecule has 0 aliphatic rings. The van der Waals surface area contributed by atoms with Gasteiger partial charge in [-0.05, 0) is 31.0 Å². The van der Waals surface area contributed by atoms with Crippen LogP contribution in [0, 0.1) is 0 Å². The van der Waals surface area contributed by atoms with Crippen LogP contribution in [0.15, 0.2) is 30.9 Å². The highest BCUT2D eigenvalue weighted by Gasteiger charge is 2.11. The molecule has 1 rings (SSSR count). The number of methoxy groups -OCH3 is 1. The molecule has 0 fully saturated rings. The van der Waals surface area contributed by atoms with Crippen LogP contribution >= 0.6 is 11.6 Å². The van der Waals surface area contributed by atoms with Gasteiger partial charge in [-0.15, -0.1) is 6.58 Å². The van der Waals surface area contributed by atoms with Crippen LogP contribution in [0.2, 0.25) is 5.02 Å². The van der Waals surface area contributed by atoms with Gasteiger partial charge >= 0.3 is 0 Å². The molecule has 0 aliphatic carbocycles. The minimum atomic E-state index is -0.0587. The fourth-order valence-electron chi connectivity index (χ4n) is 1.45. The molecule has 0 aliphatic heterocycles. The zero-order valence-corrected chi connectivity index (χ0v) is 9.63. The molecule has 1 aromatic rings. The number of rotatable bonds is 5. The van der Waals surface area contributed by atoms with Crippen molar-refractivity contribution < 1.29 is 4.74 Å². The molecule has 2 nitrogen and oxygen atoms in total. The van der Waals surface area contributed by atoms with Gasteiger partial charge in [-0.1, -0.05) is 17.7 Å². The molecule has 0 saturated carbocycles. The predicted molar refractivity (Wildman–Crippen MR) is 64.4 cm³/mol. The van der Waals surface area contributed by atoms with Crippen molar-refractivity contribution in [1.29, 1.82) is 0 Å². The van der Waals surface area contributed by atoms with E-state index >= 15 is 0 Å². The van der Waals surface area contributed by atoms with Crippen LogP contribution in [0.3, 0.4) is 0 Å². The van der Waals surface area contributed by atoms with Gasteiger partial charge in [-0.3, -0.25) is 0 Å². The Morgan fingerprint density at radius 3 is 2.93 bits per heavy atom. The summed E-state index contributed by atoms with van der Waals surface area (Å²) < 4.78 is 5.24. The topological polar surface area (TPSA) is 35.2 Å². The van der Waals surface area contributed by atoms with E-state index < -0.39 is 0 Å². The third-order valence-corrected chi connectivity index (χ3v) is 2.51. The van der Waals surface area contributed by atoms with Crippen molar-refractivity contribution in [3.63, 3.8) is 0 Å². The average Bonchev–Trinajstić information content (AvgIpc) is 2.25. The molecule has 0 aromatic heterocycles. The van der Waals surface area contributed by atoms with Crippen molar-refractivity contribution in [2.45, 2.75) is 18.9 Å². The van der Waals surface area contributed by atoms with E-state index in [9.17, 15) is 0 Å². The van der Waals surface area contributed by atoms with Crippen molar-refractivity contribution in [2.75, 3.05) is 7.11 Å².